The number of anilines is 1. The summed E-state index contributed by atoms with van der Waals surface area (Å²) in [5, 5.41) is 12.1. The van der Waals surface area contributed by atoms with Crippen molar-refractivity contribution < 1.29 is 14.0 Å². The molecule has 0 radical (unpaired) electrons. The summed E-state index contributed by atoms with van der Waals surface area (Å²) in [7, 11) is 0. The lowest BCUT2D eigenvalue weighted by Crippen LogP contribution is -2.42. The first-order valence-corrected chi connectivity index (χ1v) is 7.95. The normalized spacial score (nSPS) is 17.9. The Kier molecular flexibility index (Phi) is 4.59. The highest BCUT2D eigenvalue weighted by Crippen LogP contribution is 2.24. The largest absolute Gasteiger partial charge is 0.344 e. The smallest absolute Gasteiger partial charge is 0.248 e. The van der Waals surface area contributed by atoms with Crippen LogP contribution in [0.3, 0.4) is 0 Å². The number of amides is 2. The van der Waals surface area contributed by atoms with Crippen LogP contribution in [0.25, 0.3) is 11.3 Å². The molecule has 1 atom stereocenters. The third kappa shape index (κ3) is 3.61. The minimum atomic E-state index is -0.559. The van der Waals surface area contributed by atoms with Crippen LogP contribution in [0.5, 0.6) is 0 Å². The predicted octanol–water partition coefficient (Wildman–Crippen LogP) is 2.52. The van der Waals surface area contributed by atoms with Crippen LogP contribution in [0.15, 0.2) is 24.3 Å². The van der Waals surface area contributed by atoms with Crippen molar-refractivity contribution in [2.45, 2.75) is 38.6 Å². The van der Waals surface area contributed by atoms with Gasteiger partial charge in [0.1, 0.15) is 11.9 Å². The molecule has 1 aliphatic rings. The Morgan fingerprint density at radius 2 is 2.17 bits per heavy atom. The molecule has 0 spiro atoms. The number of hydrogen-bond donors (Lipinski definition) is 3. The molecule has 0 saturated carbocycles. The van der Waals surface area contributed by atoms with Gasteiger partial charge in [0, 0.05) is 18.1 Å². The number of carbonyl (C=O) groups is 2. The van der Waals surface area contributed by atoms with Gasteiger partial charge in [0.15, 0.2) is 5.82 Å². The van der Waals surface area contributed by atoms with Crippen molar-refractivity contribution in [2.75, 3.05) is 5.32 Å². The lowest BCUT2D eigenvalue weighted by atomic mass is 10.1. The molecule has 7 heteroatoms. The molecule has 6 nitrogen and oxygen atoms in total. The number of rotatable bonds is 3. The van der Waals surface area contributed by atoms with Gasteiger partial charge < -0.3 is 10.6 Å². The highest BCUT2D eigenvalue weighted by Gasteiger charge is 2.23. The van der Waals surface area contributed by atoms with Crippen LogP contribution in [-0.2, 0) is 9.59 Å². The second-order valence-corrected chi connectivity index (χ2v) is 6.01. The molecule has 24 heavy (non-hydrogen) atoms. The minimum Gasteiger partial charge on any atom is -0.344 e. The molecular weight excluding hydrogens is 311 g/mol. The Hall–Kier alpha value is -2.70. The third-order valence-corrected chi connectivity index (χ3v) is 4.04. The van der Waals surface area contributed by atoms with E-state index >= 15 is 0 Å². The van der Waals surface area contributed by atoms with Crippen molar-refractivity contribution in [1.82, 2.24) is 15.5 Å². The summed E-state index contributed by atoms with van der Waals surface area (Å²) in [5.41, 5.74) is 1.80. The highest BCUT2D eigenvalue weighted by atomic mass is 19.1. The van der Waals surface area contributed by atoms with Gasteiger partial charge in [0.25, 0.3) is 0 Å². The van der Waals surface area contributed by atoms with Crippen LogP contribution in [0.1, 0.15) is 31.2 Å². The Bertz CT molecular complexity index is 772. The van der Waals surface area contributed by atoms with Gasteiger partial charge >= 0.3 is 0 Å². The summed E-state index contributed by atoms with van der Waals surface area (Å²) in [6, 6.07) is 5.81. The maximum Gasteiger partial charge on any atom is 0.248 e. The summed E-state index contributed by atoms with van der Waals surface area (Å²) in [5.74, 6) is -0.488. The second-order valence-electron chi connectivity index (χ2n) is 6.01. The number of carbonyl (C=O) groups excluding carboxylic acids is 2. The standard InChI is InChI=1S/C17H19FN4O2/c1-10-6-7-12(18)11(8-10)14-9-15(22-21-14)20-17(24)13-4-2-3-5-16(23)19-13/h6-9,13H,2-5H2,1H3,(H,19,23)(H2,20,21,22,24). The number of nitrogens with zero attached hydrogens (tertiary/aromatic N) is 1. The van der Waals surface area contributed by atoms with E-state index < -0.39 is 6.04 Å². The highest BCUT2D eigenvalue weighted by molar-refractivity contribution is 5.97. The number of aromatic amines is 1. The van der Waals surface area contributed by atoms with Crippen LogP contribution in [0, 0.1) is 12.7 Å². The molecule has 2 amide bonds. The van der Waals surface area contributed by atoms with Gasteiger partial charge in [-0.25, -0.2) is 4.39 Å². The van der Waals surface area contributed by atoms with Gasteiger partial charge in [-0.15, -0.1) is 0 Å². The summed E-state index contributed by atoms with van der Waals surface area (Å²) in [6.45, 7) is 1.87. The third-order valence-electron chi connectivity index (χ3n) is 4.04. The molecule has 0 bridgehead atoms. The average molecular weight is 330 g/mol. The van der Waals surface area contributed by atoms with E-state index in [9.17, 15) is 14.0 Å². The molecule has 2 aromatic rings. The van der Waals surface area contributed by atoms with Gasteiger partial charge in [-0.05, 0) is 31.9 Å². The van der Waals surface area contributed by atoms with Crippen molar-refractivity contribution in [3.63, 3.8) is 0 Å². The second kappa shape index (κ2) is 6.82. The van der Waals surface area contributed by atoms with E-state index in [4.69, 9.17) is 0 Å². The zero-order valence-electron chi connectivity index (χ0n) is 13.4. The molecule has 1 aromatic carbocycles. The van der Waals surface area contributed by atoms with E-state index in [1.807, 2.05) is 6.92 Å². The first-order chi connectivity index (χ1) is 11.5. The Balaban J connectivity index is 1.72. The molecule has 3 N–H and O–H groups in total. The van der Waals surface area contributed by atoms with E-state index in [2.05, 4.69) is 20.8 Å². The van der Waals surface area contributed by atoms with E-state index in [-0.39, 0.29) is 17.6 Å². The van der Waals surface area contributed by atoms with Crippen molar-refractivity contribution in [1.29, 1.82) is 0 Å². The molecule has 1 aliphatic heterocycles. The summed E-state index contributed by atoms with van der Waals surface area (Å²) in [6.07, 6.45) is 2.65. The van der Waals surface area contributed by atoms with Crippen LogP contribution in [0.4, 0.5) is 10.2 Å². The molecule has 1 aromatic heterocycles. The quantitative estimate of drug-likeness (QED) is 0.808. The average Bonchev–Trinajstić information content (AvgIpc) is 2.89. The Morgan fingerprint density at radius 3 is 3.00 bits per heavy atom. The fourth-order valence-corrected chi connectivity index (χ4v) is 2.75. The van der Waals surface area contributed by atoms with Gasteiger partial charge in [-0.1, -0.05) is 18.1 Å². The lowest BCUT2D eigenvalue weighted by molar-refractivity contribution is -0.126. The fraction of sp³-hybridized carbons (Fsp3) is 0.353. The number of hydrogen-bond acceptors (Lipinski definition) is 3. The molecule has 1 unspecified atom stereocenters. The number of benzene rings is 1. The number of aromatic nitrogens is 2. The topological polar surface area (TPSA) is 86.9 Å². The summed E-state index contributed by atoms with van der Waals surface area (Å²) >= 11 is 0. The molecule has 0 aliphatic carbocycles. The minimum absolute atomic E-state index is 0.114. The zero-order chi connectivity index (χ0) is 17.1. The fourth-order valence-electron chi connectivity index (χ4n) is 2.75. The zero-order valence-corrected chi connectivity index (χ0v) is 13.4. The molecular formula is C17H19FN4O2. The van der Waals surface area contributed by atoms with Crippen molar-refractivity contribution in [3.8, 4) is 11.3 Å². The van der Waals surface area contributed by atoms with E-state index in [1.54, 1.807) is 18.2 Å². The van der Waals surface area contributed by atoms with E-state index in [0.717, 1.165) is 18.4 Å². The van der Waals surface area contributed by atoms with E-state index in [0.29, 0.717) is 29.9 Å². The first-order valence-electron chi connectivity index (χ1n) is 7.95. The number of aryl methyl sites for hydroxylation is 1. The maximum absolute atomic E-state index is 13.9. The number of H-pyrrole nitrogens is 1. The maximum atomic E-state index is 13.9. The van der Waals surface area contributed by atoms with Gasteiger partial charge in [-0.2, -0.15) is 5.10 Å². The van der Waals surface area contributed by atoms with Gasteiger partial charge in [0.2, 0.25) is 11.8 Å². The molecule has 1 fully saturated rings. The van der Waals surface area contributed by atoms with Crippen molar-refractivity contribution in [3.05, 3.63) is 35.6 Å². The Labute approximate surface area is 138 Å². The number of halogens is 1. The molecule has 3 rings (SSSR count). The van der Waals surface area contributed by atoms with Gasteiger partial charge in [-0.3, -0.25) is 14.7 Å². The van der Waals surface area contributed by atoms with Gasteiger partial charge in [0.05, 0.1) is 5.69 Å². The number of nitrogens with one attached hydrogen (secondary N) is 3. The predicted molar refractivity (Wildman–Crippen MR) is 87.7 cm³/mol. The SMILES string of the molecule is Cc1ccc(F)c(-c2cc(NC(=O)C3CCCCC(=O)N3)n[nH]2)c1. The van der Waals surface area contributed by atoms with Crippen LogP contribution in [-0.4, -0.2) is 28.1 Å². The molecule has 1 saturated heterocycles. The van der Waals surface area contributed by atoms with Crippen LogP contribution in [0.2, 0.25) is 0 Å². The van der Waals surface area contributed by atoms with E-state index in [1.165, 1.54) is 6.07 Å². The Morgan fingerprint density at radius 1 is 1.33 bits per heavy atom. The molecule has 126 valence electrons. The lowest BCUT2D eigenvalue weighted by Gasteiger charge is -2.14. The van der Waals surface area contributed by atoms with Crippen LogP contribution < -0.4 is 10.6 Å². The summed E-state index contributed by atoms with van der Waals surface area (Å²) in [4.78, 5) is 23.8. The molecule has 2 heterocycles. The summed E-state index contributed by atoms with van der Waals surface area (Å²) < 4.78 is 13.9. The van der Waals surface area contributed by atoms with Crippen molar-refractivity contribution in [2.24, 2.45) is 0 Å². The monoisotopic (exact) mass is 330 g/mol. The van der Waals surface area contributed by atoms with Crippen molar-refractivity contribution >= 4 is 17.6 Å². The van der Waals surface area contributed by atoms with Crippen LogP contribution >= 0.6 is 0 Å². The first kappa shape index (κ1) is 16.2.